The Balaban J connectivity index is 2.02. The molecule has 28 heavy (non-hydrogen) atoms. The molecule has 6 rings (SSSR count). The minimum Gasteiger partial charge on any atom is -0.275 e. The maximum Gasteiger partial charge on any atom is 0.263 e. The molecule has 0 fully saturated rings. The zero-order chi connectivity index (χ0) is 18.8. The van der Waals surface area contributed by atoms with E-state index in [0.29, 0.717) is 5.39 Å². The van der Waals surface area contributed by atoms with E-state index in [1.807, 2.05) is 71.1 Å². The van der Waals surface area contributed by atoms with E-state index in [1.54, 1.807) is 0 Å². The zero-order valence-electron chi connectivity index (χ0n) is 15.0. The molecule has 0 spiro atoms. The van der Waals surface area contributed by atoms with Crippen LogP contribution < -0.4 is 11.0 Å². The lowest BCUT2D eigenvalue weighted by molar-refractivity contribution is 1.21. The van der Waals surface area contributed by atoms with Gasteiger partial charge in [-0.25, -0.2) is 0 Å². The molecule has 3 heteroatoms. The molecule has 4 aromatic carbocycles. The Kier molecular flexibility index (Phi) is 3.02. The van der Waals surface area contributed by atoms with Crippen molar-refractivity contribution in [3.8, 4) is 11.1 Å². The molecule has 2 aromatic heterocycles. The van der Waals surface area contributed by atoms with E-state index in [0.717, 1.165) is 49.2 Å². The second-order valence-electron chi connectivity index (χ2n) is 7.18. The summed E-state index contributed by atoms with van der Waals surface area (Å²) in [5.74, 6) is 0. The fourth-order valence-electron chi connectivity index (χ4n) is 4.55. The van der Waals surface area contributed by atoms with E-state index in [-0.39, 0.29) is 5.56 Å². The number of rotatable bonds is 1. The summed E-state index contributed by atoms with van der Waals surface area (Å²) in [6.07, 6.45) is 0. The molecule has 128 valence electrons. The highest BCUT2D eigenvalue weighted by atomic mass is 16.1. The highest BCUT2D eigenvalue weighted by Crippen LogP contribution is 2.38. The summed E-state index contributed by atoms with van der Waals surface area (Å²) >= 11 is 0. The van der Waals surface area contributed by atoms with Crippen LogP contribution >= 0.6 is 0 Å². The summed E-state index contributed by atoms with van der Waals surface area (Å²) in [5.41, 5.74) is 4.64. The molecule has 0 atom stereocenters. The normalized spacial score (nSPS) is 11.9. The van der Waals surface area contributed by atoms with E-state index in [2.05, 4.69) is 18.2 Å². The number of fused-ring (bicyclic) bond motifs is 5. The first-order valence-corrected chi connectivity index (χ1v) is 9.31. The predicted octanol–water partition coefficient (Wildman–Crippen LogP) is 4.66. The van der Waals surface area contributed by atoms with Gasteiger partial charge in [-0.3, -0.25) is 9.20 Å². The number of aromatic nitrogens is 1. The van der Waals surface area contributed by atoms with Gasteiger partial charge in [0.05, 0.1) is 11.0 Å². The van der Waals surface area contributed by atoms with Crippen LogP contribution in [-0.2, 0) is 0 Å². The summed E-state index contributed by atoms with van der Waals surface area (Å²) in [6, 6.07) is 28.0. The summed E-state index contributed by atoms with van der Waals surface area (Å²) in [6.45, 7) is 0. The molecule has 0 unspecified atom stereocenters. The van der Waals surface area contributed by atoms with Crippen molar-refractivity contribution in [3.05, 3.63) is 95.3 Å². The molecule has 2 radical (unpaired) electrons. The number of benzene rings is 4. The number of nitrogens with zero attached hydrogens (tertiary/aromatic N) is 1. The molecule has 0 N–H and O–H groups in total. The second-order valence-corrected chi connectivity index (χ2v) is 7.18. The Labute approximate surface area is 162 Å². The third-order valence-electron chi connectivity index (χ3n) is 5.68. The van der Waals surface area contributed by atoms with Crippen LogP contribution in [0.2, 0.25) is 0 Å². The molecule has 0 amide bonds. The molecular formula is C25H14BNO. The maximum absolute atomic E-state index is 13.4. The molecular weight excluding hydrogens is 341 g/mol. The monoisotopic (exact) mass is 355 g/mol. The SMILES string of the molecule is [B]c1cc2c3ccccc3c(=O)n3c4ccccc4c(c1-c1ccccc1)c23. The van der Waals surface area contributed by atoms with Gasteiger partial charge in [-0.2, -0.15) is 0 Å². The Morgan fingerprint density at radius 1 is 0.679 bits per heavy atom. The van der Waals surface area contributed by atoms with E-state index in [1.165, 1.54) is 0 Å². The van der Waals surface area contributed by atoms with E-state index in [4.69, 9.17) is 7.85 Å². The van der Waals surface area contributed by atoms with Gasteiger partial charge in [0, 0.05) is 21.5 Å². The standard InChI is InChI=1S/C25H14BNO/c26-20-14-19-16-10-4-5-11-17(16)25(28)27-21-13-7-6-12-18(21)23(24(19)27)22(20)15-8-2-1-3-9-15/h1-14H. The highest BCUT2D eigenvalue weighted by Gasteiger charge is 2.21. The van der Waals surface area contributed by atoms with Gasteiger partial charge in [0.15, 0.2) is 0 Å². The second kappa shape index (κ2) is 5.46. The lowest BCUT2D eigenvalue weighted by atomic mass is 9.82. The first-order chi connectivity index (χ1) is 13.8. The Morgan fingerprint density at radius 2 is 1.32 bits per heavy atom. The van der Waals surface area contributed by atoms with E-state index in [9.17, 15) is 4.79 Å². The van der Waals surface area contributed by atoms with Crippen molar-refractivity contribution in [2.75, 3.05) is 0 Å². The van der Waals surface area contributed by atoms with Crippen molar-refractivity contribution in [1.29, 1.82) is 0 Å². The van der Waals surface area contributed by atoms with Crippen LogP contribution in [0.5, 0.6) is 0 Å². The quantitative estimate of drug-likeness (QED) is 0.311. The molecule has 0 saturated carbocycles. The van der Waals surface area contributed by atoms with Gasteiger partial charge in [0.1, 0.15) is 7.85 Å². The Morgan fingerprint density at radius 3 is 2.11 bits per heavy atom. The summed E-state index contributed by atoms with van der Waals surface area (Å²) in [7, 11) is 6.62. The maximum atomic E-state index is 13.4. The van der Waals surface area contributed by atoms with Crippen LogP contribution in [0.25, 0.3) is 49.1 Å². The average Bonchev–Trinajstić information content (AvgIpc) is 3.08. The van der Waals surface area contributed by atoms with Gasteiger partial charge in [0.25, 0.3) is 5.56 Å². The molecule has 0 aliphatic carbocycles. The third-order valence-corrected chi connectivity index (χ3v) is 5.68. The smallest absolute Gasteiger partial charge is 0.263 e. The number of hydrogen-bond donors (Lipinski definition) is 0. The largest absolute Gasteiger partial charge is 0.275 e. The van der Waals surface area contributed by atoms with Crippen LogP contribution in [0.3, 0.4) is 0 Å². The van der Waals surface area contributed by atoms with Crippen LogP contribution in [0, 0.1) is 0 Å². The van der Waals surface area contributed by atoms with Crippen LogP contribution in [0.1, 0.15) is 0 Å². The minimum atomic E-state index is 0.0121. The Bertz CT molecular complexity index is 1580. The number of hydrogen-bond acceptors (Lipinski definition) is 1. The summed E-state index contributed by atoms with van der Waals surface area (Å²) in [5, 5.41) is 4.76. The van der Waals surface area contributed by atoms with Crippen molar-refractivity contribution in [3.63, 3.8) is 0 Å². The van der Waals surface area contributed by atoms with E-state index < -0.39 is 0 Å². The lowest BCUT2D eigenvalue weighted by Gasteiger charge is -2.13. The molecule has 0 bridgehead atoms. The van der Waals surface area contributed by atoms with Crippen LogP contribution in [-0.4, -0.2) is 12.2 Å². The molecule has 2 nitrogen and oxygen atoms in total. The molecule has 6 aromatic rings. The molecule has 0 aliphatic heterocycles. The van der Waals surface area contributed by atoms with Crippen molar-refractivity contribution in [2.45, 2.75) is 0 Å². The molecule has 2 heterocycles. The third kappa shape index (κ3) is 1.86. The van der Waals surface area contributed by atoms with E-state index >= 15 is 0 Å². The summed E-state index contributed by atoms with van der Waals surface area (Å²) < 4.78 is 1.86. The average molecular weight is 355 g/mol. The van der Waals surface area contributed by atoms with Gasteiger partial charge in [-0.1, -0.05) is 78.3 Å². The first kappa shape index (κ1) is 15.5. The minimum absolute atomic E-state index is 0.0121. The summed E-state index contributed by atoms with van der Waals surface area (Å²) in [4.78, 5) is 13.4. The number of para-hydroxylation sites is 1. The van der Waals surface area contributed by atoms with Gasteiger partial charge in [0.2, 0.25) is 0 Å². The zero-order valence-corrected chi connectivity index (χ0v) is 15.0. The topological polar surface area (TPSA) is 21.5 Å². The van der Waals surface area contributed by atoms with Crippen LogP contribution in [0.4, 0.5) is 0 Å². The van der Waals surface area contributed by atoms with Gasteiger partial charge < -0.3 is 0 Å². The predicted molar refractivity (Wildman–Crippen MR) is 118 cm³/mol. The number of pyridine rings is 1. The van der Waals surface area contributed by atoms with Crippen molar-refractivity contribution in [1.82, 2.24) is 4.40 Å². The van der Waals surface area contributed by atoms with Crippen molar-refractivity contribution in [2.24, 2.45) is 0 Å². The first-order valence-electron chi connectivity index (χ1n) is 9.31. The van der Waals surface area contributed by atoms with Crippen molar-refractivity contribution >= 4 is 51.3 Å². The van der Waals surface area contributed by atoms with Crippen LogP contribution in [0.15, 0.2) is 89.7 Å². The molecule has 0 saturated heterocycles. The van der Waals surface area contributed by atoms with Crippen molar-refractivity contribution < 1.29 is 0 Å². The van der Waals surface area contributed by atoms with Gasteiger partial charge in [-0.15, -0.1) is 0 Å². The lowest BCUT2D eigenvalue weighted by Crippen LogP contribution is -2.15. The van der Waals surface area contributed by atoms with Gasteiger partial charge in [-0.05, 0) is 28.6 Å². The molecule has 0 aliphatic rings. The van der Waals surface area contributed by atoms with Gasteiger partial charge >= 0.3 is 0 Å². The fourth-order valence-corrected chi connectivity index (χ4v) is 4.55. The highest BCUT2D eigenvalue weighted by molar-refractivity contribution is 6.42. The fraction of sp³-hybridized carbons (Fsp3) is 0. The Hall–Kier alpha value is -3.59.